The molecule has 0 aliphatic heterocycles. The molecule has 1 aliphatic rings. The SMILES string of the molecule is CN(Cc1cscn1)C(=O)C1(C(N)=S)CCC1. The number of carbonyl (C=O) groups is 1. The Morgan fingerprint density at radius 1 is 1.71 bits per heavy atom. The van der Waals surface area contributed by atoms with Crippen LogP contribution >= 0.6 is 23.6 Å². The maximum absolute atomic E-state index is 12.3. The molecule has 0 bridgehead atoms. The number of aromatic nitrogens is 1. The molecule has 1 heterocycles. The zero-order valence-corrected chi connectivity index (χ0v) is 11.3. The van der Waals surface area contributed by atoms with E-state index in [1.54, 1.807) is 17.5 Å². The van der Waals surface area contributed by atoms with E-state index >= 15 is 0 Å². The molecular formula is C11H15N3OS2. The highest BCUT2D eigenvalue weighted by atomic mass is 32.1. The van der Waals surface area contributed by atoms with Gasteiger partial charge in [-0.2, -0.15) is 0 Å². The Kier molecular flexibility index (Phi) is 3.44. The van der Waals surface area contributed by atoms with E-state index in [2.05, 4.69) is 4.98 Å². The predicted octanol–water partition coefficient (Wildman–Crippen LogP) is 1.56. The van der Waals surface area contributed by atoms with Crippen LogP contribution < -0.4 is 5.73 Å². The van der Waals surface area contributed by atoms with Crippen LogP contribution in [0.2, 0.25) is 0 Å². The summed E-state index contributed by atoms with van der Waals surface area (Å²) in [6.45, 7) is 0.521. The first-order valence-corrected chi connectivity index (χ1v) is 6.84. The summed E-state index contributed by atoms with van der Waals surface area (Å²) in [6.07, 6.45) is 2.58. The minimum Gasteiger partial charge on any atom is -0.392 e. The Morgan fingerprint density at radius 3 is 2.82 bits per heavy atom. The van der Waals surface area contributed by atoms with Gasteiger partial charge in [-0.25, -0.2) is 4.98 Å². The average Bonchev–Trinajstić information content (AvgIpc) is 2.67. The van der Waals surface area contributed by atoms with Crippen LogP contribution in [0.1, 0.15) is 25.0 Å². The van der Waals surface area contributed by atoms with E-state index in [9.17, 15) is 4.79 Å². The summed E-state index contributed by atoms with van der Waals surface area (Å²) < 4.78 is 0. The molecule has 1 amide bonds. The number of thiocarbonyl (C=S) groups is 1. The molecule has 1 saturated carbocycles. The molecule has 92 valence electrons. The molecule has 4 nitrogen and oxygen atoms in total. The third-order valence-electron chi connectivity index (χ3n) is 3.32. The van der Waals surface area contributed by atoms with Crippen molar-refractivity contribution in [2.75, 3.05) is 7.05 Å². The zero-order valence-electron chi connectivity index (χ0n) is 9.68. The quantitative estimate of drug-likeness (QED) is 0.843. The first kappa shape index (κ1) is 12.4. The molecule has 0 unspecified atom stereocenters. The summed E-state index contributed by atoms with van der Waals surface area (Å²) in [5, 5.41) is 1.94. The predicted molar refractivity (Wildman–Crippen MR) is 71.7 cm³/mol. The van der Waals surface area contributed by atoms with E-state index in [1.165, 1.54) is 11.3 Å². The Bertz CT molecular complexity index is 426. The number of thiazole rings is 1. The number of hydrogen-bond acceptors (Lipinski definition) is 4. The summed E-state index contributed by atoms with van der Waals surface area (Å²) in [7, 11) is 1.78. The number of hydrogen-bond donors (Lipinski definition) is 1. The highest BCUT2D eigenvalue weighted by molar-refractivity contribution is 7.80. The molecule has 6 heteroatoms. The first-order valence-electron chi connectivity index (χ1n) is 5.49. The van der Waals surface area contributed by atoms with Crippen molar-refractivity contribution in [3.63, 3.8) is 0 Å². The van der Waals surface area contributed by atoms with Crippen molar-refractivity contribution in [2.45, 2.75) is 25.8 Å². The minimum absolute atomic E-state index is 0.0317. The van der Waals surface area contributed by atoms with Gasteiger partial charge in [-0.3, -0.25) is 4.79 Å². The third-order valence-corrected chi connectivity index (χ3v) is 4.34. The second-order valence-corrected chi connectivity index (χ2v) is 5.60. The molecule has 0 saturated heterocycles. The van der Waals surface area contributed by atoms with Gasteiger partial charge in [0.25, 0.3) is 0 Å². The van der Waals surface area contributed by atoms with Crippen LogP contribution in [-0.2, 0) is 11.3 Å². The lowest BCUT2D eigenvalue weighted by Crippen LogP contribution is -2.53. The van der Waals surface area contributed by atoms with E-state index in [4.69, 9.17) is 18.0 Å². The van der Waals surface area contributed by atoms with E-state index in [1.807, 2.05) is 5.38 Å². The molecule has 0 atom stereocenters. The van der Waals surface area contributed by atoms with Crippen LogP contribution in [0.5, 0.6) is 0 Å². The summed E-state index contributed by atoms with van der Waals surface area (Å²) in [5.74, 6) is 0.0317. The highest BCUT2D eigenvalue weighted by Gasteiger charge is 2.48. The topological polar surface area (TPSA) is 59.2 Å². The van der Waals surface area contributed by atoms with Crippen molar-refractivity contribution < 1.29 is 4.79 Å². The largest absolute Gasteiger partial charge is 0.392 e. The van der Waals surface area contributed by atoms with Crippen molar-refractivity contribution in [3.8, 4) is 0 Å². The van der Waals surface area contributed by atoms with Gasteiger partial charge in [-0.1, -0.05) is 18.6 Å². The third kappa shape index (κ3) is 2.19. The molecule has 0 radical (unpaired) electrons. The van der Waals surface area contributed by atoms with Crippen LogP contribution in [0.3, 0.4) is 0 Å². The standard InChI is InChI=1S/C11H15N3OS2/c1-14(5-8-6-17-7-13-8)10(15)11(9(12)16)3-2-4-11/h6-7H,2-5H2,1H3,(H2,12,16). The summed E-state index contributed by atoms with van der Waals surface area (Å²) in [4.78, 5) is 18.5. The maximum Gasteiger partial charge on any atom is 0.235 e. The highest BCUT2D eigenvalue weighted by Crippen LogP contribution is 2.42. The van der Waals surface area contributed by atoms with Gasteiger partial charge in [0.2, 0.25) is 5.91 Å². The van der Waals surface area contributed by atoms with Gasteiger partial charge in [0, 0.05) is 12.4 Å². The Hall–Kier alpha value is -1.01. The molecule has 2 rings (SSSR count). The fourth-order valence-corrected chi connectivity index (χ4v) is 2.93. The van der Waals surface area contributed by atoms with Gasteiger partial charge in [-0.05, 0) is 12.8 Å². The van der Waals surface area contributed by atoms with Crippen molar-refractivity contribution in [1.29, 1.82) is 0 Å². The van der Waals surface area contributed by atoms with Gasteiger partial charge in [0.1, 0.15) is 0 Å². The monoisotopic (exact) mass is 269 g/mol. The molecule has 0 aromatic carbocycles. The van der Waals surface area contributed by atoms with Gasteiger partial charge in [0.15, 0.2) is 0 Å². The lowest BCUT2D eigenvalue weighted by molar-refractivity contribution is -0.141. The van der Waals surface area contributed by atoms with Crippen molar-refractivity contribution >= 4 is 34.5 Å². The number of rotatable bonds is 4. The van der Waals surface area contributed by atoms with Crippen LogP contribution in [0.4, 0.5) is 0 Å². The minimum atomic E-state index is -0.583. The van der Waals surface area contributed by atoms with Crippen molar-refractivity contribution in [3.05, 3.63) is 16.6 Å². The maximum atomic E-state index is 12.3. The van der Waals surface area contributed by atoms with Gasteiger partial charge >= 0.3 is 0 Å². The lowest BCUT2D eigenvalue weighted by Gasteiger charge is -2.41. The average molecular weight is 269 g/mol. The summed E-state index contributed by atoms with van der Waals surface area (Å²) >= 11 is 6.57. The zero-order chi connectivity index (χ0) is 12.5. The number of amides is 1. The molecule has 0 spiro atoms. The number of carbonyl (C=O) groups excluding carboxylic acids is 1. The van der Waals surface area contributed by atoms with Crippen LogP contribution in [0.25, 0.3) is 0 Å². The second-order valence-electron chi connectivity index (χ2n) is 4.44. The Labute approximate surface area is 110 Å². The normalized spacial score (nSPS) is 17.2. The van der Waals surface area contributed by atoms with Gasteiger partial charge in [-0.15, -0.1) is 11.3 Å². The molecule has 17 heavy (non-hydrogen) atoms. The summed E-state index contributed by atoms with van der Waals surface area (Å²) in [6, 6.07) is 0. The van der Waals surface area contributed by atoms with Crippen LogP contribution in [0, 0.1) is 5.41 Å². The van der Waals surface area contributed by atoms with E-state index < -0.39 is 5.41 Å². The van der Waals surface area contributed by atoms with Gasteiger partial charge in [0.05, 0.1) is 28.2 Å². The first-order chi connectivity index (χ1) is 8.06. The Morgan fingerprint density at radius 2 is 2.41 bits per heavy atom. The molecule has 2 N–H and O–H groups in total. The fraction of sp³-hybridized carbons (Fsp3) is 0.545. The van der Waals surface area contributed by atoms with Crippen molar-refractivity contribution in [2.24, 2.45) is 11.1 Å². The summed E-state index contributed by atoms with van der Waals surface area (Å²) in [5.41, 5.74) is 7.80. The molecule has 1 aromatic rings. The fourth-order valence-electron chi connectivity index (χ4n) is 2.09. The van der Waals surface area contributed by atoms with E-state index in [-0.39, 0.29) is 5.91 Å². The van der Waals surface area contributed by atoms with E-state index in [0.717, 1.165) is 25.0 Å². The van der Waals surface area contributed by atoms with Gasteiger partial charge < -0.3 is 10.6 Å². The van der Waals surface area contributed by atoms with Crippen LogP contribution in [-0.4, -0.2) is 27.8 Å². The van der Waals surface area contributed by atoms with Crippen molar-refractivity contribution in [1.82, 2.24) is 9.88 Å². The Balaban J connectivity index is 2.06. The molecule has 1 aromatic heterocycles. The number of nitrogens with zero attached hydrogens (tertiary/aromatic N) is 2. The van der Waals surface area contributed by atoms with Crippen LogP contribution in [0.15, 0.2) is 10.9 Å². The molecule has 1 aliphatic carbocycles. The smallest absolute Gasteiger partial charge is 0.235 e. The lowest BCUT2D eigenvalue weighted by atomic mass is 9.67. The van der Waals surface area contributed by atoms with E-state index in [0.29, 0.717) is 11.5 Å². The second kappa shape index (κ2) is 4.70. The molecular weight excluding hydrogens is 254 g/mol. The molecule has 1 fully saturated rings. The number of nitrogens with two attached hydrogens (primary N) is 1.